The summed E-state index contributed by atoms with van der Waals surface area (Å²) in [6, 6.07) is 18.6. The summed E-state index contributed by atoms with van der Waals surface area (Å²) < 4.78 is 22.1. The Hall–Kier alpha value is -4.40. The molecule has 0 aliphatic carbocycles. The molecule has 2 amide bonds. The van der Waals surface area contributed by atoms with Gasteiger partial charge in [-0.2, -0.15) is 0 Å². The Morgan fingerprint density at radius 2 is 1.35 bits per heavy atom. The summed E-state index contributed by atoms with van der Waals surface area (Å²) >= 11 is 0. The number of carbonyl (C=O) groups excluding carboxylic acids is 2. The van der Waals surface area contributed by atoms with Gasteiger partial charge in [-0.25, -0.2) is 0 Å². The van der Waals surface area contributed by atoms with Gasteiger partial charge in [0.1, 0.15) is 0 Å². The van der Waals surface area contributed by atoms with E-state index in [0.29, 0.717) is 47.2 Å². The molecule has 9 nitrogen and oxygen atoms in total. The Balaban J connectivity index is 1.57. The second-order valence-corrected chi connectivity index (χ2v) is 9.90. The highest BCUT2D eigenvalue weighted by Gasteiger charge is 2.45. The van der Waals surface area contributed by atoms with Crippen LogP contribution in [0.25, 0.3) is 0 Å². The van der Waals surface area contributed by atoms with Crippen LogP contribution in [0.5, 0.6) is 23.0 Å². The molecule has 2 aliphatic heterocycles. The zero-order chi connectivity index (χ0) is 28.4. The Labute approximate surface area is 234 Å². The molecular weight excluding hydrogens is 510 g/mol. The molecule has 0 spiro atoms. The predicted molar refractivity (Wildman–Crippen MR) is 152 cm³/mol. The van der Waals surface area contributed by atoms with Crippen molar-refractivity contribution >= 4 is 17.5 Å². The molecule has 9 heteroatoms. The summed E-state index contributed by atoms with van der Waals surface area (Å²) in [7, 11) is 7.95. The number of para-hydroxylation sites is 1. The highest BCUT2D eigenvalue weighted by atomic mass is 16.5. The number of hydrogen-bond donors (Lipinski definition) is 0. The van der Waals surface area contributed by atoms with Crippen LogP contribution in [0.3, 0.4) is 0 Å². The normalized spacial score (nSPS) is 18.7. The van der Waals surface area contributed by atoms with Gasteiger partial charge in [0.25, 0.3) is 5.91 Å². The van der Waals surface area contributed by atoms with Gasteiger partial charge >= 0.3 is 0 Å². The number of hydrogen-bond acceptors (Lipinski definition) is 7. The Morgan fingerprint density at radius 1 is 0.750 bits per heavy atom. The fraction of sp³-hybridized carbons (Fsp3) is 0.355. The second-order valence-electron chi connectivity index (χ2n) is 9.90. The van der Waals surface area contributed by atoms with E-state index in [2.05, 4.69) is 17.0 Å². The molecule has 0 unspecified atom stereocenters. The molecule has 1 saturated heterocycles. The van der Waals surface area contributed by atoms with Crippen LogP contribution in [0.4, 0.5) is 5.69 Å². The van der Waals surface area contributed by atoms with Crippen LogP contribution in [0.2, 0.25) is 0 Å². The number of benzene rings is 3. The second kappa shape index (κ2) is 11.4. The van der Waals surface area contributed by atoms with Crippen molar-refractivity contribution in [3.8, 4) is 23.0 Å². The van der Waals surface area contributed by atoms with Crippen molar-refractivity contribution < 1.29 is 28.5 Å². The van der Waals surface area contributed by atoms with Crippen molar-refractivity contribution in [1.29, 1.82) is 0 Å². The largest absolute Gasteiger partial charge is 0.493 e. The van der Waals surface area contributed by atoms with Crippen LogP contribution < -0.4 is 23.8 Å². The third-order valence-corrected chi connectivity index (χ3v) is 7.90. The van der Waals surface area contributed by atoms with Gasteiger partial charge in [0.2, 0.25) is 5.91 Å². The molecule has 3 aromatic carbocycles. The van der Waals surface area contributed by atoms with Gasteiger partial charge in [-0.15, -0.1) is 0 Å². The van der Waals surface area contributed by atoms with Crippen molar-refractivity contribution in [2.45, 2.75) is 12.0 Å². The first-order valence-electron chi connectivity index (χ1n) is 13.3. The Bertz CT molecular complexity index is 1390. The van der Waals surface area contributed by atoms with Crippen molar-refractivity contribution in [2.75, 3.05) is 66.6 Å². The Kier molecular flexibility index (Phi) is 7.73. The average Bonchev–Trinajstić information content (AvgIpc) is 3.01. The smallest absolute Gasteiger partial charge is 0.254 e. The standard InChI is InChI=1S/C31H35N3O6/c1-32-29(20-11-12-24(37-2)25(17-20)38-3)28(22-18-26(39-4)27(40-5)19-23(22)30(32)35)31(36)34-15-13-33(14-16-34)21-9-7-6-8-10-21/h6-12,17-19,28-29H,13-16H2,1-5H3/t28-,29-/m1/s1. The lowest BCUT2D eigenvalue weighted by atomic mass is 9.78. The van der Waals surface area contributed by atoms with E-state index in [9.17, 15) is 9.59 Å². The maximum atomic E-state index is 14.5. The van der Waals surface area contributed by atoms with E-state index < -0.39 is 12.0 Å². The van der Waals surface area contributed by atoms with Crippen molar-refractivity contribution in [1.82, 2.24) is 9.80 Å². The van der Waals surface area contributed by atoms with E-state index in [0.717, 1.165) is 24.3 Å². The molecule has 3 aromatic rings. The molecule has 210 valence electrons. The number of fused-ring (bicyclic) bond motifs is 1. The number of piperazine rings is 1. The number of nitrogens with zero attached hydrogens (tertiary/aromatic N) is 3. The van der Waals surface area contributed by atoms with Crippen LogP contribution in [0.15, 0.2) is 60.7 Å². The summed E-state index contributed by atoms with van der Waals surface area (Å²) in [4.78, 5) is 34.0. The maximum Gasteiger partial charge on any atom is 0.254 e. The topological polar surface area (TPSA) is 80.8 Å². The molecule has 2 heterocycles. The molecule has 0 saturated carbocycles. The highest BCUT2D eigenvalue weighted by molar-refractivity contribution is 6.02. The number of rotatable bonds is 7. The minimum absolute atomic E-state index is 0.0414. The fourth-order valence-electron chi connectivity index (χ4n) is 5.79. The summed E-state index contributed by atoms with van der Waals surface area (Å²) in [5.41, 5.74) is 2.97. The molecular formula is C31H35N3O6. The molecule has 2 atom stereocenters. The van der Waals surface area contributed by atoms with Crippen molar-refractivity contribution in [3.63, 3.8) is 0 Å². The van der Waals surface area contributed by atoms with E-state index in [1.54, 1.807) is 51.5 Å². The molecule has 0 aromatic heterocycles. The van der Waals surface area contributed by atoms with Gasteiger partial charge in [0.15, 0.2) is 23.0 Å². The van der Waals surface area contributed by atoms with E-state index in [4.69, 9.17) is 18.9 Å². The maximum absolute atomic E-state index is 14.5. The molecule has 40 heavy (non-hydrogen) atoms. The fourth-order valence-corrected chi connectivity index (χ4v) is 5.79. The molecule has 1 fully saturated rings. The summed E-state index contributed by atoms with van der Waals surface area (Å²) in [6.07, 6.45) is 0. The summed E-state index contributed by atoms with van der Waals surface area (Å²) in [5.74, 6) is 1.10. The third-order valence-electron chi connectivity index (χ3n) is 7.90. The summed E-state index contributed by atoms with van der Waals surface area (Å²) in [6.45, 7) is 2.58. The van der Waals surface area contributed by atoms with Crippen LogP contribution in [-0.2, 0) is 4.79 Å². The Morgan fingerprint density at radius 3 is 1.98 bits per heavy atom. The molecule has 2 aliphatic rings. The number of likely N-dealkylation sites (N-methyl/N-ethyl adjacent to an activating group) is 1. The minimum Gasteiger partial charge on any atom is -0.493 e. The van der Waals surface area contributed by atoms with Crippen LogP contribution >= 0.6 is 0 Å². The third kappa shape index (κ3) is 4.76. The van der Waals surface area contributed by atoms with Gasteiger partial charge in [-0.1, -0.05) is 24.3 Å². The van der Waals surface area contributed by atoms with Gasteiger partial charge in [-0.3, -0.25) is 9.59 Å². The quantitative estimate of drug-likeness (QED) is 0.444. The van der Waals surface area contributed by atoms with Crippen LogP contribution in [0.1, 0.15) is 33.4 Å². The van der Waals surface area contributed by atoms with Crippen LogP contribution in [-0.4, -0.2) is 83.3 Å². The number of anilines is 1. The highest BCUT2D eigenvalue weighted by Crippen LogP contribution is 2.47. The lowest BCUT2D eigenvalue weighted by Crippen LogP contribution is -2.53. The van der Waals surface area contributed by atoms with E-state index in [1.807, 2.05) is 35.2 Å². The number of amides is 2. The predicted octanol–water partition coefficient (Wildman–Crippen LogP) is 3.98. The lowest BCUT2D eigenvalue weighted by molar-refractivity contribution is -0.134. The minimum atomic E-state index is -0.668. The number of methoxy groups -OCH3 is 4. The first kappa shape index (κ1) is 27.2. The van der Waals surface area contributed by atoms with E-state index >= 15 is 0 Å². The van der Waals surface area contributed by atoms with E-state index in [1.165, 1.54) is 7.11 Å². The van der Waals surface area contributed by atoms with Crippen molar-refractivity contribution in [2.24, 2.45) is 0 Å². The molecule has 5 rings (SSSR count). The van der Waals surface area contributed by atoms with Crippen molar-refractivity contribution in [3.05, 3.63) is 77.4 Å². The monoisotopic (exact) mass is 545 g/mol. The van der Waals surface area contributed by atoms with Gasteiger partial charge in [-0.05, 0) is 47.5 Å². The SMILES string of the molecule is COc1ccc([C@@H]2[C@H](C(=O)N3CCN(c4ccccc4)CC3)c3cc(OC)c(OC)cc3C(=O)N2C)cc1OC. The van der Waals surface area contributed by atoms with Crippen LogP contribution in [0, 0.1) is 0 Å². The molecule has 0 radical (unpaired) electrons. The van der Waals surface area contributed by atoms with Gasteiger partial charge in [0, 0.05) is 44.5 Å². The zero-order valence-electron chi connectivity index (χ0n) is 23.5. The lowest BCUT2D eigenvalue weighted by Gasteiger charge is -2.43. The average molecular weight is 546 g/mol. The number of ether oxygens (including phenoxy) is 4. The van der Waals surface area contributed by atoms with E-state index in [-0.39, 0.29) is 11.8 Å². The van der Waals surface area contributed by atoms with Gasteiger partial charge in [0.05, 0.1) is 40.4 Å². The first-order chi connectivity index (χ1) is 19.4. The summed E-state index contributed by atoms with van der Waals surface area (Å²) in [5, 5.41) is 0. The molecule has 0 N–H and O–H groups in total. The number of carbonyl (C=O) groups is 2. The molecule has 0 bridgehead atoms. The van der Waals surface area contributed by atoms with Gasteiger partial charge < -0.3 is 33.6 Å². The zero-order valence-corrected chi connectivity index (χ0v) is 23.5. The first-order valence-corrected chi connectivity index (χ1v) is 13.3.